The van der Waals surface area contributed by atoms with Crippen molar-refractivity contribution in [3.8, 4) is 63.1 Å². The van der Waals surface area contributed by atoms with Gasteiger partial charge in [0.05, 0.1) is 11.7 Å². The zero-order valence-electron chi connectivity index (χ0n) is 22.3. The lowest BCUT2D eigenvalue weighted by atomic mass is 9.99. The Morgan fingerprint density at radius 2 is 1.34 bits per heavy atom. The van der Waals surface area contributed by atoms with Crippen molar-refractivity contribution in [1.29, 1.82) is 0 Å². The Morgan fingerprint density at radius 3 is 1.93 bits per heavy atom. The van der Waals surface area contributed by atoms with Crippen molar-refractivity contribution >= 4 is 16.9 Å². The molecule has 0 saturated carbocycles. The minimum Gasteiger partial charge on any atom is -0.508 e. The first kappa shape index (κ1) is 29.9. The number of carbonyl (C=O) groups is 1. The van der Waals surface area contributed by atoms with E-state index in [0.29, 0.717) is 0 Å². The van der Waals surface area contributed by atoms with Gasteiger partial charge >= 0.3 is 5.97 Å². The number of carbonyl (C=O) groups excluding carboxylic acids is 1. The van der Waals surface area contributed by atoms with E-state index in [4.69, 9.17) is 18.6 Å². The normalized spacial score (nSPS) is 21.7. The zero-order valence-corrected chi connectivity index (χ0v) is 22.3. The van der Waals surface area contributed by atoms with Crippen LogP contribution in [0.15, 0.2) is 45.6 Å². The van der Waals surface area contributed by atoms with Gasteiger partial charge < -0.3 is 69.7 Å². The molecule has 16 nitrogen and oxygen atoms in total. The molecule has 10 N–H and O–H groups in total. The van der Waals surface area contributed by atoms with Crippen molar-refractivity contribution in [2.75, 3.05) is 0 Å². The van der Waals surface area contributed by atoms with Gasteiger partial charge in [-0.3, -0.25) is 4.79 Å². The maximum absolute atomic E-state index is 13.6. The maximum atomic E-state index is 13.6. The van der Waals surface area contributed by atoms with Crippen LogP contribution in [0.4, 0.5) is 0 Å². The minimum atomic E-state index is -2.02. The second-order valence-corrected chi connectivity index (χ2v) is 9.83. The first-order valence-electron chi connectivity index (χ1n) is 12.6. The molecule has 1 aliphatic rings. The van der Waals surface area contributed by atoms with E-state index in [9.17, 15) is 60.7 Å². The summed E-state index contributed by atoms with van der Waals surface area (Å²) in [5.41, 5.74) is -2.11. The van der Waals surface area contributed by atoms with Gasteiger partial charge in [-0.15, -0.1) is 0 Å². The number of benzene rings is 3. The average Bonchev–Trinajstić information content (AvgIpc) is 2.95. The SMILES string of the molecule is C[C@H]1O[C@@H](Oc2c(-c3cc(O)c(O)c(O)c3)oc3cc(O)cc(O)c3c2=O)[C@@H](O)[C@@H](O)[C@@H]1OC(=O)c1cc(O)c(O)c(O)c1. The summed E-state index contributed by atoms with van der Waals surface area (Å²) >= 11 is 0. The number of esters is 1. The fourth-order valence-electron chi connectivity index (χ4n) is 4.60. The van der Waals surface area contributed by atoms with E-state index >= 15 is 0 Å². The van der Waals surface area contributed by atoms with E-state index in [1.807, 2.05) is 0 Å². The van der Waals surface area contributed by atoms with Crippen LogP contribution in [0, 0.1) is 0 Å². The van der Waals surface area contributed by atoms with Crippen LogP contribution in [-0.4, -0.2) is 87.7 Å². The van der Waals surface area contributed by atoms with Crippen LogP contribution in [0.1, 0.15) is 17.3 Å². The Balaban J connectivity index is 1.50. The number of rotatable bonds is 5. The van der Waals surface area contributed by atoms with Gasteiger partial charge in [0, 0.05) is 17.7 Å². The Labute approximate surface area is 244 Å². The number of ether oxygens (including phenoxy) is 3. The van der Waals surface area contributed by atoms with Crippen LogP contribution in [0.5, 0.6) is 51.7 Å². The van der Waals surface area contributed by atoms with Gasteiger partial charge in [0.25, 0.3) is 0 Å². The number of hydrogen-bond acceptors (Lipinski definition) is 16. The van der Waals surface area contributed by atoms with Crippen LogP contribution in [0.2, 0.25) is 0 Å². The Morgan fingerprint density at radius 1 is 0.773 bits per heavy atom. The molecule has 5 rings (SSSR count). The van der Waals surface area contributed by atoms with E-state index < -0.39 is 111 Å². The van der Waals surface area contributed by atoms with Gasteiger partial charge in [0.1, 0.15) is 34.7 Å². The summed E-state index contributed by atoms with van der Waals surface area (Å²) in [6.45, 7) is 1.31. The fraction of sp³-hybridized carbons (Fsp3) is 0.214. The molecule has 0 unspecified atom stereocenters. The van der Waals surface area contributed by atoms with Crippen molar-refractivity contribution in [2.45, 2.75) is 37.6 Å². The standard InChI is InChI=1S/C28H24O16/c1-8-24(43-27(40)10-4-15(33)20(36)16(34)5-10)22(38)23(39)28(41-8)44-26-21(37)18-12(30)6-11(29)7-17(18)42-25(26)9-2-13(31)19(35)14(32)3-9/h2-8,22-24,28-36,38-39H,1H3/t8-,22-,23+,24-,28+/m1/s1. The van der Waals surface area contributed by atoms with E-state index in [2.05, 4.69) is 0 Å². The summed E-state index contributed by atoms with van der Waals surface area (Å²) in [6, 6.07) is 5.17. The lowest BCUT2D eigenvalue weighted by Gasteiger charge is -2.40. The van der Waals surface area contributed by atoms with Crippen molar-refractivity contribution in [2.24, 2.45) is 0 Å². The molecule has 5 atom stereocenters. The summed E-state index contributed by atoms with van der Waals surface area (Å²) in [7, 11) is 0. The van der Waals surface area contributed by atoms with E-state index in [1.165, 1.54) is 6.92 Å². The highest BCUT2D eigenvalue weighted by Gasteiger charge is 2.47. The predicted octanol–water partition coefficient (Wildman–Crippen LogP) is 1.18. The molecule has 1 fully saturated rings. The monoisotopic (exact) mass is 616 g/mol. The molecule has 1 saturated heterocycles. The van der Waals surface area contributed by atoms with Crippen LogP contribution in [-0.2, 0) is 9.47 Å². The van der Waals surface area contributed by atoms with Crippen LogP contribution < -0.4 is 10.2 Å². The molecule has 232 valence electrons. The van der Waals surface area contributed by atoms with Gasteiger partial charge in [0.2, 0.25) is 17.5 Å². The molecule has 2 heterocycles. The zero-order chi connectivity index (χ0) is 32.2. The molecular formula is C28H24O16. The van der Waals surface area contributed by atoms with Crippen molar-refractivity contribution < 1.29 is 74.5 Å². The lowest BCUT2D eigenvalue weighted by Crippen LogP contribution is -2.59. The summed E-state index contributed by atoms with van der Waals surface area (Å²) < 4.78 is 22.1. The number of aliphatic hydroxyl groups is 2. The lowest BCUT2D eigenvalue weighted by molar-refractivity contribution is -0.267. The molecule has 16 heteroatoms. The predicted molar refractivity (Wildman–Crippen MR) is 144 cm³/mol. The molecule has 1 aromatic heterocycles. The average molecular weight is 616 g/mol. The summed E-state index contributed by atoms with van der Waals surface area (Å²) in [4.78, 5) is 26.2. The highest BCUT2D eigenvalue weighted by Crippen LogP contribution is 2.43. The van der Waals surface area contributed by atoms with Gasteiger partial charge in [-0.2, -0.15) is 0 Å². The fourth-order valence-corrected chi connectivity index (χ4v) is 4.60. The highest BCUT2D eigenvalue weighted by atomic mass is 16.7. The molecule has 4 aromatic rings. The molecule has 44 heavy (non-hydrogen) atoms. The third kappa shape index (κ3) is 5.13. The minimum absolute atomic E-state index is 0.249. The molecule has 0 aliphatic carbocycles. The topological polar surface area (TPSA) is 277 Å². The Hall–Kier alpha value is -5.58. The van der Waals surface area contributed by atoms with E-state index in [0.717, 1.165) is 36.4 Å². The van der Waals surface area contributed by atoms with Gasteiger partial charge in [-0.25, -0.2) is 4.79 Å². The molecule has 0 bridgehead atoms. The van der Waals surface area contributed by atoms with Crippen LogP contribution in [0.3, 0.4) is 0 Å². The van der Waals surface area contributed by atoms with Crippen molar-refractivity contribution in [3.05, 3.63) is 52.2 Å². The highest BCUT2D eigenvalue weighted by molar-refractivity contribution is 5.91. The van der Waals surface area contributed by atoms with Gasteiger partial charge in [-0.05, 0) is 31.2 Å². The van der Waals surface area contributed by atoms with Crippen molar-refractivity contribution in [1.82, 2.24) is 0 Å². The summed E-state index contributed by atoms with van der Waals surface area (Å²) in [6.07, 6.45) is -8.63. The number of aliphatic hydroxyl groups excluding tert-OH is 2. The number of hydrogen-bond donors (Lipinski definition) is 10. The number of phenolic OH excluding ortho intramolecular Hbond substituents is 8. The van der Waals surface area contributed by atoms with Crippen LogP contribution >= 0.6 is 0 Å². The van der Waals surface area contributed by atoms with Gasteiger partial charge in [-0.1, -0.05) is 0 Å². The van der Waals surface area contributed by atoms with E-state index in [1.54, 1.807) is 0 Å². The third-order valence-corrected chi connectivity index (χ3v) is 6.81. The number of aromatic hydroxyl groups is 8. The first-order valence-corrected chi connectivity index (χ1v) is 12.6. The van der Waals surface area contributed by atoms with Crippen LogP contribution in [0.25, 0.3) is 22.3 Å². The maximum Gasteiger partial charge on any atom is 0.338 e. The quantitative estimate of drug-likeness (QED) is 0.111. The largest absolute Gasteiger partial charge is 0.508 e. The second kappa shape index (κ2) is 10.9. The first-order chi connectivity index (χ1) is 20.7. The van der Waals surface area contributed by atoms with E-state index in [-0.39, 0.29) is 11.1 Å². The molecule has 0 amide bonds. The Kier molecular flexibility index (Phi) is 7.42. The molecule has 0 spiro atoms. The molecule has 1 aliphatic heterocycles. The number of fused-ring (bicyclic) bond motifs is 1. The molecule has 0 radical (unpaired) electrons. The summed E-state index contributed by atoms with van der Waals surface area (Å²) in [5.74, 6) is -8.80. The van der Waals surface area contributed by atoms with Gasteiger partial charge in [0.15, 0.2) is 46.4 Å². The summed E-state index contributed by atoms with van der Waals surface area (Å²) in [5, 5.41) is 100. The number of phenols is 8. The smallest absolute Gasteiger partial charge is 0.338 e. The second-order valence-electron chi connectivity index (χ2n) is 9.83. The third-order valence-electron chi connectivity index (χ3n) is 6.81. The Bertz CT molecular complexity index is 1800. The molecule has 3 aromatic carbocycles. The van der Waals surface area contributed by atoms with Crippen molar-refractivity contribution in [3.63, 3.8) is 0 Å². The molecular weight excluding hydrogens is 592 g/mol.